The lowest BCUT2D eigenvalue weighted by Gasteiger charge is -2.05. The molecule has 1 aromatic rings. The Kier molecular flexibility index (Phi) is 2.96. The lowest BCUT2D eigenvalue weighted by atomic mass is 10.2. The third kappa shape index (κ3) is 1.87. The summed E-state index contributed by atoms with van der Waals surface area (Å²) in [5, 5.41) is 16.5. The Bertz CT molecular complexity index is 381. The van der Waals surface area contributed by atoms with Crippen LogP contribution in [0.3, 0.4) is 0 Å². The van der Waals surface area contributed by atoms with Gasteiger partial charge in [-0.15, -0.1) is 0 Å². The van der Waals surface area contributed by atoms with Gasteiger partial charge in [0.1, 0.15) is 5.04 Å². The summed E-state index contributed by atoms with van der Waals surface area (Å²) in [5.41, 5.74) is 1.07. The second kappa shape index (κ2) is 4.21. The molecule has 0 aromatic heterocycles. The van der Waals surface area contributed by atoms with Crippen molar-refractivity contribution in [3.8, 4) is 0 Å². The summed E-state index contributed by atoms with van der Waals surface area (Å²) in [4.78, 5) is 1.05. The van der Waals surface area contributed by atoms with E-state index in [-0.39, 0.29) is 0 Å². The van der Waals surface area contributed by atoms with Crippen LogP contribution >= 0.6 is 23.4 Å². The van der Waals surface area contributed by atoms with Crippen LogP contribution in [0.2, 0.25) is 5.02 Å². The van der Waals surface area contributed by atoms with Gasteiger partial charge in [-0.1, -0.05) is 34.6 Å². The van der Waals surface area contributed by atoms with Gasteiger partial charge in [0.15, 0.2) is 0 Å². The molecule has 0 aliphatic carbocycles. The average molecular weight is 229 g/mol. The second-order valence-electron chi connectivity index (χ2n) is 2.92. The minimum atomic E-state index is 0.576. The van der Waals surface area contributed by atoms with E-state index in [4.69, 9.17) is 16.8 Å². The molecule has 3 nitrogen and oxygen atoms in total. The van der Waals surface area contributed by atoms with Gasteiger partial charge in [0.2, 0.25) is 0 Å². The van der Waals surface area contributed by atoms with E-state index in [1.165, 1.54) is 11.8 Å². The first-order valence-corrected chi connectivity index (χ1v) is 5.37. The van der Waals surface area contributed by atoms with E-state index in [0.29, 0.717) is 18.1 Å². The zero-order valence-corrected chi connectivity index (χ0v) is 8.90. The second-order valence-corrected chi connectivity index (χ2v) is 4.44. The van der Waals surface area contributed by atoms with Crippen LogP contribution in [0.1, 0.15) is 5.56 Å². The minimum absolute atomic E-state index is 0.576. The molecule has 1 aromatic carbocycles. The van der Waals surface area contributed by atoms with Crippen molar-refractivity contribution in [3.05, 3.63) is 28.8 Å². The highest BCUT2D eigenvalue weighted by atomic mass is 35.5. The highest BCUT2D eigenvalue weighted by Gasteiger charge is 2.14. The number of hydrogen-bond donors (Lipinski definition) is 2. The first-order chi connectivity index (χ1) is 6.81. The van der Waals surface area contributed by atoms with Crippen molar-refractivity contribution in [1.82, 2.24) is 5.32 Å². The standard InChI is InChI=1S/C9H9ClN2OS/c10-7-2-1-3-8-6(7)4-11-5-9(12-13)14-8/h1-3,11,13H,4-5H2/b12-9+. The molecule has 0 spiro atoms. The minimum Gasteiger partial charge on any atom is -0.410 e. The van der Waals surface area contributed by atoms with Crippen LogP contribution in [0.25, 0.3) is 0 Å². The van der Waals surface area contributed by atoms with Gasteiger partial charge in [-0.3, -0.25) is 0 Å². The summed E-state index contributed by atoms with van der Waals surface area (Å²) in [6.07, 6.45) is 0. The number of hydrogen-bond acceptors (Lipinski definition) is 4. The van der Waals surface area contributed by atoms with Gasteiger partial charge in [-0.25, -0.2) is 0 Å². The van der Waals surface area contributed by atoms with E-state index in [0.717, 1.165) is 15.5 Å². The molecule has 14 heavy (non-hydrogen) atoms. The first kappa shape index (κ1) is 9.83. The average Bonchev–Trinajstić information content (AvgIpc) is 2.40. The first-order valence-electron chi connectivity index (χ1n) is 4.18. The SMILES string of the molecule is O/N=C1\CNCc2c(Cl)cccc2S1. The van der Waals surface area contributed by atoms with Gasteiger partial charge in [0.05, 0.1) is 0 Å². The van der Waals surface area contributed by atoms with Crippen LogP contribution in [-0.2, 0) is 6.54 Å². The predicted molar refractivity (Wildman–Crippen MR) is 58.2 cm³/mol. The molecule has 1 heterocycles. The van der Waals surface area contributed by atoms with E-state index in [9.17, 15) is 0 Å². The van der Waals surface area contributed by atoms with Crippen LogP contribution in [0, 0.1) is 0 Å². The number of rotatable bonds is 0. The Labute approximate surface area is 91.1 Å². The van der Waals surface area contributed by atoms with Crippen molar-refractivity contribution >= 4 is 28.4 Å². The molecule has 0 saturated carbocycles. The molecular weight excluding hydrogens is 220 g/mol. The molecule has 0 atom stereocenters. The van der Waals surface area contributed by atoms with E-state index >= 15 is 0 Å². The quantitative estimate of drug-likeness (QED) is 0.529. The Hall–Kier alpha value is -0.710. The largest absolute Gasteiger partial charge is 0.410 e. The van der Waals surface area contributed by atoms with Crippen LogP contribution in [0.15, 0.2) is 28.3 Å². The Morgan fingerprint density at radius 2 is 2.29 bits per heavy atom. The van der Waals surface area contributed by atoms with Gasteiger partial charge in [-0.05, 0) is 17.7 Å². The third-order valence-electron chi connectivity index (χ3n) is 1.99. The smallest absolute Gasteiger partial charge is 0.131 e. The molecule has 0 fully saturated rings. The molecular formula is C9H9ClN2OS. The van der Waals surface area contributed by atoms with Crippen LogP contribution in [0.4, 0.5) is 0 Å². The molecule has 1 aliphatic rings. The zero-order chi connectivity index (χ0) is 9.97. The Balaban J connectivity index is 2.41. The molecule has 0 radical (unpaired) electrons. The third-order valence-corrected chi connectivity index (χ3v) is 3.41. The summed E-state index contributed by atoms with van der Waals surface area (Å²) in [6, 6.07) is 5.74. The fourth-order valence-corrected chi connectivity index (χ4v) is 2.54. The highest BCUT2D eigenvalue weighted by molar-refractivity contribution is 8.14. The van der Waals surface area contributed by atoms with Crippen molar-refractivity contribution < 1.29 is 5.21 Å². The topological polar surface area (TPSA) is 44.6 Å². The van der Waals surface area contributed by atoms with Crippen molar-refractivity contribution in [2.45, 2.75) is 11.4 Å². The molecule has 0 bridgehead atoms. The number of benzene rings is 1. The highest BCUT2D eigenvalue weighted by Crippen LogP contribution is 2.30. The molecule has 1 aliphatic heterocycles. The summed E-state index contributed by atoms with van der Waals surface area (Å²) < 4.78 is 0. The number of nitrogens with zero attached hydrogens (tertiary/aromatic N) is 1. The van der Waals surface area contributed by atoms with Crippen molar-refractivity contribution in [1.29, 1.82) is 0 Å². The maximum atomic E-state index is 8.71. The Morgan fingerprint density at radius 1 is 1.43 bits per heavy atom. The fourth-order valence-electron chi connectivity index (χ4n) is 1.32. The summed E-state index contributed by atoms with van der Waals surface area (Å²) in [6.45, 7) is 1.28. The molecule has 0 amide bonds. The van der Waals surface area contributed by atoms with E-state index in [2.05, 4.69) is 10.5 Å². The molecule has 0 saturated heterocycles. The van der Waals surface area contributed by atoms with Gasteiger partial charge in [0.25, 0.3) is 0 Å². The monoisotopic (exact) mass is 228 g/mol. The number of nitrogens with one attached hydrogen (secondary N) is 1. The van der Waals surface area contributed by atoms with Gasteiger partial charge < -0.3 is 10.5 Å². The molecule has 2 rings (SSSR count). The number of oxime groups is 1. The van der Waals surface area contributed by atoms with Gasteiger partial charge in [-0.2, -0.15) is 0 Å². The lowest BCUT2D eigenvalue weighted by molar-refractivity contribution is 0.319. The predicted octanol–water partition coefficient (Wildman–Crippen LogP) is 2.32. The zero-order valence-electron chi connectivity index (χ0n) is 7.33. The van der Waals surface area contributed by atoms with Crippen LogP contribution in [-0.4, -0.2) is 16.8 Å². The lowest BCUT2D eigenvalue weighted by Crippen LogP contribution is -2.18. The molecule has 2 N–H and O–H groups in total. The van der Waals surface area contributed by atoms with Crippen LogP contribution in [0.5, 0.6) is 0 Å². The van der Waals surface area contributed by atoms with E-state index < -0.39 is 0 Å². The molecule has 5 heteroatoms. The Morgan fingerprint density at radius 3 is 3.07 bits per heavy atom. The number of fused-ring (bicyclic) bond motifs is 1. The summed E-state index contributed by atoms with van der Waals surface area (Å²) in [7, 11) is 0. The summed E-state index contributed by atoms with van der Waals surface area (Å²) >= 11 is 7.49. The number of halogens is 1. The van der Waals surface area contributed by atoms with Gasteiger partial charge >= 0.3 is 0 Å². The van der Waals surface area contributed by atoms with Crippen molar-refractivity contribution in [2.75, 3.05) is 6.54 Å². The van der Waals surface area contributed by atoms with Crippen molar-refractivity contribution in [2.24, 2.45) is 5.16 Å². The maximum absolute atomic E-state index is 8.71. The van der Waals surface area contributed by atoms with Gasteiger partial charge in [0, 0.05) is 23.0 Å². The van der Waals surface area contributed by atoms with E-state index in [1.54, 1.807) is 0 Å². The molecule has 74 valence electrons. The van der Waals surface area contributed by atoms with E-state index in [1.807, 2.05) is 18.2 Å². The fraction of sp³-hybridized carbons (Fsp3) is 0.222. The van der Waals surface area contributed by atoms with Crippen LogP contribution < -0.4 is 5.32 Å². The summed E-state index contributed by atoms with van der Waals surface area (Å²) in [5.74, 6) is 0. The maximum Gasteiger partial charge on any atom is 0.131 e. The van der Waals surface area contributed by atoms with Crippen molar-refractivity contribution in [3.63, 3.8) is 0 Å². The molecule has 0 unspecified atom stereocenters. The number of thioether (sulfide) groups is 1. The normalized spacial score (nSPS) is 19.1.